The summed E-state index contributed by atoms with van der Waals surface area (Å²) in [6.45, 7) is 2.55. The first-order valence-electron chi connectivity index (χ1n) is 10.6. The van der Waals surface area contributed by atoms with Crippen LogP contribution in [0.2, 0.25) is 0 Å². The monoisotopic (exact) mass is 446 g/mol. The maximum Gasteiger partial charge on any atom is 0.337 e. The Morgan fingerprint density at radius 2 is 1.84 bits per heavy atom. The summed E-state index contributed by atoms with van der Waals surface area (Å²) in [6, 6.07) is 14.5. The predicted molar refractivity (Wildman–Crippen MR) is 116 cm³/mol. The molecular formula is C24H28F2N2O4. The fourth-order valence-corrected chi connectivity index (χ4v) is 3.72. The second kappa shape index (κ2) is 10.5. The van der Waals surface area contributed by atoms with Crippen LogP contribution in [0.4, 0.5) is 8.78 Å². The minimum Gasteiger partial charge on any atom is -0.492 e. The average molecular weight is 446 g/mol. The van der Waals surface area contributed by atoms with Crippen molar-refractivity contribution in [2.24, 2.45) is 0 Å². The van der Waals surface area contributed by atoms with Gasteiger partial charge < -0.3 is 14.8 Å². The molecule has 2 atom stereocenters. The van der Waals surface area contributed by atoms with Crippen LogP contribution in [0.3, 0.4) is 0 Å². The number of rotatable bonds is 8. The van der Waals surface area contributed by atoms with Crippen LogP contribution >= 0.6 is 0 Å². The van der Waals surface area contributed by atoms with Gasteiger partial charge in [0.2, 0.25) is 5.91 Å². The molecule has 1 heterocycles. The van der Waals surface area contributed by atoms with E-state index in [0.717, 1.165) is 5.56 Å². The van der Waals surface area contributed by atoms with Crippen molar-refractivity contribution in [1.82, 2.24) is 10.2 Å². The first-order valence-corrected chi connectivity index (χ1v) is 10.6. The van der Waals surface area contributed by atoms with E-state index in [1.807, 2.05) is 30.3 Å². The molecule has 0 saturated carbocycles. The van der Waals surface area contributed by atoms with Gasteiger partial charge in [-0.15, -0.1) is 0 Å². The summed E-state index contributed by atoms with van der Waals surface area (Å²) in [5.74, 6) is -3.09. The van der Waals surface area contributed by atoms with E-state index in [1.165, 1.54) is 7.11 Å². The lowest BCUT2D eigenvalue weighted by atomic mass is 9.97. The molecule has 1 fully saturated rings. The zero-order chi connectivity index (χ0) is 23.1. The highest BCUT2D eigenvalue weighted by molar-refractivity contribution is 5.89. The second-order valence-electron chi connectivity index (χ2n) is 7.87. The molecule has 1 aliphatic heterocycles. The molecule has 1 saturated heterocycles. The van der Waals surface area contributed by atoms with Crippen molar-refractivity contribution in [3.63, 3.8) is 0 Å². The van der Waals surface area contributed by atoms with E-state index in [1.54, 1.807) is 36.1 Å². The standard InChI is InChI=1S/C24H28F2N2O4/c1-17(18-8-10-19(11-9-18)23(30)31-2)27-22(29)21-16-24(25,26)12-13-28(21)14-15-32-20-6-4-3-5-7-20/h3-11,17,21H,12-16H2,1-2H3,(H,27,29)/t17-,21+/m0/s1. The van der Waals surface area contributed by atoms with Gasteiger partial charge in [0.05, 0.1) is 24.8 Å². The Hall–Kier alpha value is -3.00. The van der Waals surface area contributed by atoms with Gasteiger partial charge in [-0.1, -0.05) is 30.3 Å². The van der Waals surface area contributed by atoms with Crippen LogP contribution in [-0.2, 0) is 9.53 Å². The average Bonchev–Trinajstić information content (AvgIpc) is 2.80. The normalized spacial score (nSPS) is 19.1. The number of hydrogen-bond acceptors (Lipinski definition) is 5. The van der Waals surface area contributed by atoms with Crippen LogP contribution in [0, 0.1) is 0 Å². The lowest BCUT2D eigenvalue weighted by Gasteiger charge is -2.38. The van der Waals surface area contributed by atoms with Crippen molar-refractivity contribution < 1.29 is 27.8 Å². The molecule has 0 aromatic heterocycles. The molecule has 1 amide bonds. The number of alkyl halides is 2. The van der Waals surface area contributed by atoms with E-state index in [4.69, 9.17) is 4.74 Å². The van der Waals surface area contributed by atoms with Gasteiger partial charge >= 0.3 is 5.97 Å². The summed E-state index contributed by atoms with van der Waals surface area (Å²) in [5, 5.41) is 2.83. The topological polar surface area (TPSA) is 67.9 Å². The molecule has 1 N–H and O–H groups in total. The molecule has 1 aliphatic rings. The lowest BCUT2D eigenvalue weighted by molar-refractivity contribution is -0.138. The SMILES string of the molecule is COC(=O)c1ccc([C@H](C)NC(=O)[C@H]2CC(F)(F)CCN2CCOc2ccccc2)cc1. The highest BCUT2D eigenvalue weighted by Gasteiger charge is 2.43. The van der Waals surface area contributed by atoms with Gasteiger partial charge in [-0.3, -0.25) is 9.69 Å². The van der Waals surface area contributed by atoms with Crippen molar-refractivity contribution in [2.45, 2.75) is 37.8 Å². The van der Waals surface area contributed by atoms with E-state index >= 15 is 0 Å². The summed E-state index contributed by atoms with van der Waals surface area (Å²) in [6.07, 6.45) is -0.815. The van der Waals surface area contributed by atoms with E-state index < -0.39 is 36.3 Å². The third kappa shape index (κ3) is 6.26. The molecule has 172 valence electrons. The summed E-state index contributed by atoms with van der Waals surface area (Å²) >= 11 is 0. The molecule has 0 radical (unpaired) electrons. The highest BCUT2D eigenvalue weighted by Crippen LogP contribution is 2.32. The first kappa shape index (κ1) is 23.7. The fraction of sp³-hybridized carbons (Fsp3) is 0.417. The Labute approximate surface area is 186 Å². The minimum absolute atomic E-state index is 0.117. The minimum atomic E-state index is -2.88. The number of methoxy groups -OCH3 is 1. The number of para-hydroxylation sites is 1. The zero-order valence-corrected chi connectivity index (χ0v) is 18.2. The molecular weight excluding hydrogens is 418 g/mol. The van der Waals surface area contributed by atoms with Crippen LogP contribution in [0.25, 0.3) is 0 Å². The van der Waals surface area contributed by atoms with Gasteiger partial charge in [0.15, 0.2) is 0 Å². The van der Waals surface area contributed by atoms with Crippen LogP contribution in [0.15, 0.2) is 54.6 Å². The Morgan fingerprint density at radius 3 is 2.50 bits per heavy atom. The van der Waals surface area contributed by atoms with E-state index in [0.29, 0.717) is 24.5 Å². The molecule has 2 aromatic carbocycles. The predicted octanol–water partition coefficient (Wildman–Crippen LogP) is 3.83. The van der Waals surface area contributed by atoms with Crippen LogP contribution in [0.1, 0.15) is 41.7 Å². The smallest absolute Gasteiger partial charge is 0.337 e. The molecule has 32 heavy (non-hydrogen) atoms. The van der Waals surface area contributed by atoms with Gasteiger partial charge in [-0.05, 0) is 36.8 Å². The number of piperidine rings is 1. The van der Waals surface area contributed by atoms with Crippen LogP contribution in [0.5, 0.6) is 5.75 Å². The van der Waals surface area contributed by atoms with E-state index in [9.17, 15) is 18.4 Å². The number of halogens is 2. The second-order valence-corrected chi connectivity index (χ2v) is 7.87. The molecule has 3 rings (SSSR count). The number of nitrogens with zero attached hydrogens (tertiary/aromatic N) is 1. The third-order valence-corrected chi connectivity index (χ3v) is 5.58. The Morgan fingerprint density at radius 1 is 1.16 bits per heavy atom. The molecule has 0 aliphatic carbocycles. The first-order chi connectivity index (χ1) is 15.3. The largest absolute Gasteiger partial charge is 0.492 e. The van der Waals surface area contributed by atoms with E-state index in [-0.39, 0.29) is 13.0 Å². The number of esters is 1. The van der Waals surface area contributed by atoms with Gasteiger partial charge in [0.25, 0.3) is 5.92 Å². The zero-order valence-electron chi connectivity index (χ0n) is 18.2. The quantitative estimate of drug-likeness (QED) is 0.625. The lowest BCUT2D eigenvalue weighted by Crippen LogP contribution is -2.55. The Balaban J connectivity index is 1.61. The number of hydrogen-bond donors (Lipinski definition) is 1. The summed E-state index contributed by atoms with van der Waals surface area (Å²) < 4.78 is 38.6. The summed E-state index contributed by atoms with van der Waals surface area (Å²) in [4.78, 5) is 26.3. The fourth-order valence-electron chi connectivity index (χ4n) is 3.72. The van der Waals surface area contributed by atoms with Crippen molar-refractivity contribution >= 4 is 11.9 Å². The third-order valence-electron chi connectivity index (χ3n) is 5.58. The van der Waals surface area contributed by atoms with Crippen molar-refractivity contribution in [1.29, 1.82) is 0 Å². The van der Waals surface area contributed by atoms with Crippen LogP contribution in [-0.4, -0.2) is 55.5 Å². The molecule has 0 unspecified atom stereocenters. The Bertz CT molecular complexity index is 906. The van der Waals surface area contributed by atoms with Crippen molar-refractivity contribution in [3.05, 3.63) is 65.7 Å². The van der Waals surface area contributed by atoms with Gasteiger partial charge in [0.1, 0.15) is 12.4 Å². The summed E-state index contributed by atoms with van der Waals surface area (Å²) in [5.41, 5.74) is 1.15. The Kier molecular flexibility index (Phi) is 7.80. The number of likely N-dealkylation sites (tertiary alicyclic amines) is 1. The molecule has 2 aromatic rings. The molecule has 0 spiro atoms. The number of carbonyl (C=O) groups is 2. The number of nitrogens with one attached hydrogen (secondary N) is 1. The van der Waals surface area contributed by atoms with Gasteiger partial charge in [-0.25, -0.2) is 13.6 Å². The van der Waals surface area contributed by atoms with E-state index in [2.05, 4.69) is 10.1 Å². The maximum absolute atomic E-state index is 14.1. The number of benzene rings is 2. The number of amides is 1. The van der Waals surface area contributed by atoms with Gasteiger partial charge in [0, 0.05) is 25.9 Å². The van der Waals surface area contributed by atoms with Crippen molar-refractivity contribution in [2.75, 3.05) is 26.8 Å². The number of carbonyl (C=O) groups excluding carboxylic acids is 2. The molecule has 6 nitrogen and oxygen atoms in total. The summed E-state index contributed by atoms with van der Waals surface area (Å²) in [7, 11) is 1.30. The van der Waals surface area contributed by atoms with Crippen LogP contribution < -0.4 is 10.1 Å². The molecule has 0 bridgehead atoms. The maximum atomic E-state index is 14.1. The van der Waals surface area contributed by atoms with Gasteiger partial charge in [-0.2, -0.15) is 0 Å². The number of ether oxygens (including phenoxy) is 2. The van der Waals surface area contributed by atoms with Crippen molar-refractivity contribution in [3.8, 4) is 5.75 Å². The molecule has 8 heteroatoms. The highest BCUT2D eigenvalue weighted by atomic mass is 19.3.